The molecule has 0 radical (unpaired) electrons. The molecule has 5 heteroatoms. The fourth-order valence-electron chi connectivity index (χ4n) is 2.92. The second-order valence-corrected chi connectivity index (χ2v) is 5.91. The van der Waals surface area contributed by atoms with Crippen LogP contribution in [0.2, 0.25) is 0 Å². The van der Waals surface area contributed by atoms with Crippen molar-refractivity contribution in [3.63, 3.8) is 0 Å². The number of hydrogen-bond acceptors (Lipinski definition) is 5. The van der Waals surface area contributed by atoms with Gasteiger partial charge in [-0.25, -0.2) is 4.79 Å². The van der Waals surface area contributed by atoms with Crippen molar-refractivity contribution in [3.8, 4) is 5.75 Å². The average Bonchev–Trinajstić information content (AvgIpc) is 3.22. The van der Waals surface area contributed by atoms with Crippen LogP contribution in [0.3, 0.4) is 0 Å². The van der Waals surface area contributed by atoms with E-state index < -0.39 is 5.97 Å². The number of unbranched alkanes of at least 4 members (excludes halogenated alkanes) is 1. The van der Waals surface area contributed by atoms with Gasteiger partial charge in [0.2, 0.25) is 5.76 Å². The Labute approximate surface area is 136 Å². The van der Waals surface area contributed by atoms with Crippen molar-refractivity contribution in [1.29, 1.82) is 0 Å². The predicted octanol–water partition coefficient (Wildman–Crippen LogP) is 3.47. The number of furan rings is 1. The van der Waals surface area contributed by atoms with Gasteiger partial charge in [0.05, 0.1) is 13.7 Å². The molecule has 1 aromatic carbocycles. The molecule has 2 aromatic rings. The summed E-state index contributed by atoms with van der Waals surface area (Å²) in [6.45, 7) is 3.96. The zero-order valence-electron chi connectivity index (χ0n) is 13.5. The summed E-state index contributed by atoms with van der Waals surface area (Å²) in [5.41, 5.74) is 0.630. The maximum absolute atomic E-state index is 12.0. The molecule has 124 valence electrons. The van der Waals surface area contributed by atoms with Gasteiger partial charge in [-0.3, -0.25) is 0 Å². The number of hydrogen-bond donors (Lipinski definition) is 0. The lowest BCUT2D eigenvalue weighted by atomic mass is 10.2. The van der Waals surface area contributed by atoms with E-state index in [1.807, 2.05) is 12.1 Å². The van der Waals surface area contributed by atoms with Crippen LogP contribution in [-0.4, -0.2) is 44.2 Å². The van der Waals surface area contributed by atoms with E-state index in [1.54, 1.807) is 19.2 Å². The number of benzene rings is 1. The van der Waals surface area contributed by atoms with E-state index in [0.29, 0.717) is 17.9 Å². The number of fused-ring (bicyclic) bond motifs is 1. The Morgan fingerprint density at radius 2 is 2.04 bits per heavy atom. The monoisotopic (exact) mass is 317 g/mol. The second-order valence-electron chi connectivity index (χ2n) is 5.91. The first kappa shape index (κ1) is 15.9. The minimum absolute atomic E-state index is 0.243. The summed E-state index contributed by atoms with van der Waals surface area (Å²) in [6, 6.07) is 7.18. The highest BCUT2D eigenvalue weighted by atomic mass is 16.5. The van der Waals surface area contributed by atoms with Crippen molar-refractivity contribution >= 4 is 16.9 Å². The van der Waals surface area contributed by atoms with E-state index in [9.17, 15) is 4.79 Å². The third-order valence-electron chi connectivity index (χ3n) is 4.23. The maximum Gasteiger partial charge on any atom is 0.374 e. The molecular formula is C18H23NO4. The Bertz CT molecular complexity index is 658. The molecule has 0 unspecified atom stereocenters. The highest BCUT2D eigenvalue weighted by molar-refractivity contribution is 5.92. The third kappa shape index (κ3) is 4.05. The van der Waals surface area contributed by atoms with Crippen LogP contribution in [0.25, 0.3) is 11.0 Å². The Morgan fingerprint density at radius 1 is 1.22 bits per heavy atom. The fraction of sp³-hybridized carbons (Fsp3) is 0.500. The minimum atomic E-state index is -0.402. The van der Waals surface area contributed by atoms with Crippen LogP contribution in [0.4, 0.5) is 0 Å². The molecule has 0 bridgehead atoms. The Hall–Kier alpha value is -2.01. The van der Waals surface area contributed by atoms with Crippen LogP contribution in [-0.2, 0) is 4.74 Å². The van der Waals surface area contributed by atoms with Crippen molar-refractivity contribution in [1.82, 2.24) is 4.90 Å². The molecule has 3 rings (SSSR count). The SMILES string of the molecule is COc1ccc2cc(C(=O)OCCCCN3CCCC3)oc2c1. The molecule has 1 aliphatic rings. The number of likely N-dealkylation sites (tertiary alicyclic amines) is 1. The Kier molecular flexibility index (Phi) is 5.18. The molecule has 0 aliphatic carbocycles. The molecule has 1 aromatic heterocycles. The summed E-state index contributed by atoms with van der Waals surface area (Å²) in [5.74, 6) is 0.544. The van der Waals surface area contributed by atoms with Crippen LogP contribution in [0.5, 0.6) is 5.75 Å². The van der Waals surface area contributed by atoms with E-state index in [0.717, 1.165) is 24.8 Å². The lowest BCUT2D eigenvalue weighted by Gasteiger charge is -2.13. The Morgan fingerprint density at radius 3 is 2.83 bits per heavy atom. The van der Waals surface area contributed by atoms with Gasteiger partial charge in [0.15, 0.2) is 0 Å². The maximum atomic E-state index is 12.0. The van der Waals surface area contributed by atoms with Crippen LogP contribution >= 0.6 is 0 Å². The summed E-state index contributed by atoms with van der Waals surface area (Å²) in [6.07, 6.45) is 4.57. The van der Waals surface area contributed by atoms with Crippen molar-refractivity contribution in [2.75, 3.05) is 33.4 Å². The third-order valence-corrected chi connectivity index (χ3v) is 4.23. The van der Waals surface area contributed by atoms with Crippen molar-refractivity contribution in [2.24, 2.45) is 0 Å². The molecule has 0 amide bonds. The fourth-order valence-corrected chi connectivity index (χ4v) is 2.92. The summed E-state index contributed by atoms with van der Waals surface area (Å²) in [5, 5.41) is 0.867. The quantitative estimate of drug-likeness (QED) is 0.578. The lowest BCUT2D eigenvalue weighted by Crippen LogP contribution is -2.20. The van der Waals surface area contributed by atoms with Crippen LogP contribution in [0, 0.1) is 0 Å². The second kappa shape index (κ2) is 7.51. The van der Waals surface area contributed by atoms with Crippen LogP contribution in [0.15, 0.2) is 28.7 Å². The van der Waals surface area contributed by atoms with Gasteiger partial charge >= 0.3 is 5.97 Å². The first-order valence-corrected chi connectivity index (χ1v) is 8.23. The lowest BCUT2D eigenvalue weighted by molar-refractivity contribution is 0.0462. The van der Waals surface area contributed by atoms with Gasteiger partial charge in [0.25, 0.3) is 0 Å². The molecule has 5 nitrogen and oxygen atoms in total. The largest absolute Gasteiger partial charge is 0.497 e. The molecule has 1 saturated heterocycles. The molecule has 0 spiro atoms. The van der Waals surface area contributed by atoms with Crippen LogP contribution < -0.4 is 4.74 Å². The van der Waals surface area contributed by atoms with E-state index >= 15 is 0 Å². The van der Waals surface area contributed by atoms with E-state index in [1.165, 1.54) is 25.9 Å². The van der Waals surface area contributed by atoms with Gasteiger partial charge < -0.3 is 18.8 Å². The first-order valence-electron chi connectivity index (χ1n) is 8.23. The normalized spacial score (nSPS) is 15.2. The summed E-state index contributed by atoms with van der Waals surface area (Å²) in [4.78, 5) is 14.5. The topological polar surface area (TPSA) is 51.9 Å². The molecule has 1 aliphatic heterocycles. The average molecular weight is 317 g/mol. The van der Waals surface area contributed by atoms with Crippen molar-refractivity contribution in [2.45, 2.75) is 25.7 Å². The number of nitrogens with zero attached hydrogens (tertiary/aromatic N) is 1. The zero-order valence-corrected chi connectivity index (χ0v) is 13.5. The standard InChI is InChI=1S/C18H23NO4/c1-21-15-7-6-14-12-17(23-16(14)13-15)18(20)22-11-5-4-10-19-8-2-3-9-19/h6-7,12-13H,2-5,8-11H2,1H3. The summed E-state index contributed by atoms with van der Waals surface area (Å²) < 4.78 is 16.0. The predicted molar refractivity (Wildman–Crippen MR) is 88.0 cm³/mol. The molecule has 23 heavy (non-hydrogen) atoms. The number of carbonyl (C=O) groups excluding carboxylic acids is 1. The highest BCUT2D eigenvalue weighted by Crippen LogP contribution is 2.24. The molecular weight excluding hydrogens is 294 g/mol. The number of carbonyl (C=O) groups is 1. The van der Waals surface area contributed by atoms with Gasteiger partial charge in [-0.05, 0) is 63.5 Å². The number of rotatable bonds is 7. The van der Waals surface area contributed by atoms with E-state index in [-0.39, 0.29) is 5.76 Å². The summed E-state index contributed by atoms with van der Waals surface area (Å²) in [7, 11) is 1.60. The molecule has 0 N–H and O–H groups in total. The van der Waals surface area contributed by atoms with Gasteiger partial charge in [-0.2, -0.15) is 0 Å². The zero-order chi connectivity index (χ0) is 16.1. The molecule has 1 fully saturated rings. The first-order chi connectivity index (χ1) is 11.3. The van der Waals surface area contributed by atoms with Gasteiger partial charge in [0, 0.05) is 11.5 Å². The highest BCUT2D eigenvalue weighted by Gasteiger charge is 2.14. The number of ether oxygens (including phenoxy) is 2. The smallest absolute Gasteiger partial charge is 0.374 e. The van der Waals surface area contributed by atoms with Crippen LogP contribution in [0.1, 0.15) is 36.2 Å². The van der Waals surface area contributed by atoms with Gasteiger partial charge in [0.1, 0.15) is 11.3 Å². The number of methoxy groups -OCH3 is 1. The van der Waals surface area contributed by atoms with Crippen molar-refractivity contribution < 1.29 is 18.7 Å². The van der Waals surface area contributed by atoms with E-state index in [4.69, 9.17) is 13.9 Å². The summed E-state index contributed by atoms with van der Waals surface area (Å²) >= 11 is 0. The minimum Gasteiger partial charge on any atom is -0.497 e. The molecule has 2 heterocycles. The van der Waals surface area contributed by atoms with Gasteiger partial charge in [-0.1, -0.05) is 0 Å². The number of esters is 1. The van der Waals surface area contributed by atoms with Gasteiger partial charge in [-0.15, -0.1) is 0 Å². The van der Waals surface area contributed by atoms with Crippen molar-refractivity contribution in [3.05, 3.63) is 30.0 Å². The Balaban J connectivity index is 1.46. The molecule has 0 saturated carbocycles. The molecule has 0 atom stereocenters. The van der Waals surface area contributed by atoms with E-state index in [2.05, 4.69) is 4.90 Å².